The van der Waals surface area contributed by atoms with E-state index >= 15 is 0 Å². The number of aromatic nitrogens is 1. The van der Waals surface area contributed by atoms with Crippen LogP contribution < -0.4 is 4.74 Å². The maximum atomic E-state index is 12.8. The fourth-order valence-corrected chi connectivity index (χ4v) is 6.67. The molecule has 0 N–H and O–H groups in total. The molecule has 5 aliphatic rings. The lowest BCUT2D eigenvalue weighted by Gasteiger charge is -2.61. The Hall–Kier alpha value is -1.62. The minimum atomic E-state index is 0.107. The molecule has 0 spiro atoms. The van der Waals surface area contributed by atoms with Crippen molar-refractivity contribution >= 4 is 5.91 Å². The molecule has 1 aromatic heterocycles. The number of methoxy groups -OCH3 is 1. The first-order chi connectivity index (χ1) is 12.6. The van der Waals surface area contributed by atoms with Crippen LogP contribution in [0.2, 0.25) is 0 Å². The second-order valence-electron chi connectivity index (χ2n) is 9.01. The van der Waals surface area contributed by atoms with Crippen LogP contribution in [0.4, 0.5) is 0 Å². The van der Waals surface area contributed by atoms with Crippen molar-refractivity contribution < 1.29 is 9.53 Å². The van der Waals surface area contributed by atoms with Gasteiger partial charge in [-0.2, -0.15) is 0 Å². The summed E-state index contributed by atoms with van der Waals surface area (Å²) in [6, 6.07) is 3.53. The molecular weight excluding hydrogens is 326 g/mol. The molecule has 4 aliphatic carbocycles. The average molecular weight is 355 g/mol. The van der Waals surface area contributed by atoms with Crippen LogP contribution in [0.15, 0.2) is 18.3 Å². The van der Waals surface area contributed by atoms with Crippen LogP contribution in [0.1, 0.15) is 48.9 Å². The molecule has 26 heavy (non-hydrogen) atoms. The minimum absolute atomic E-state index is 0.107. The van der Waals surface area contributed by atoms with E-state index in [1.54, 1.807) is 25.4 Å². The molecular formula is C21H29N3O2. The van der Waals surface area contributed by atoms with E-state index < -0.39 is 0 Å². The quantitative estimate of drug-likeness (QED) is 0.836. The van der Waals surface area contributed by atoms with E-state index in [9.17, 15) is 4.79 Å². The summed E-state index contributed by atoms with van der Waals surface area (Å²) in [5, 5.41) is 0. The molecule has 1 aromatic rings. The van der Waals surface area contributed by atoms with Crippen LogP contribution in [0.5, 0.6) is 5.88 Å². The number of hydrogen-bond acceptors (Lipinski definition) is 4. The van der Waals surface area contributed by atoms with Gasteiger partial charge in [-0.05, 0) is 62.3 Å². The first-order valence-electron chi connectivity index (χ1n) is 10.2. The summed E-state index contributed by atoms with van der Waals surface area (Å²) < 4.78 is 5.16. The molecule has 5 nitrogen and oxygen atoms in total. The predicted molar refractivity (Wildman–Crippen MR) is 99.2 cm³/mol. The lowest BCUT2D eigenvalue weighted by atomic mass is 9.52. The fraction of sp³-hybridized carbons (Fsp3) is 0.714. The number of amides is 1. The highest BCUT2D eigenvalue weighted by Crippen LogP contribution is 2.57. The topological polar surface area (TPSA) is 45.7 Å². The monoisotopic (exact) mass is 355 g/mol. The standard InChI is InChI=1S/C21H29N3O2/c1-26-19-11-18(2-3-22-19)20(25)23-4-6-24(7-5-23)21-12-15-8-16(13-21)10-17(9-15)14-21/h2-3,11,15-17H,4-10,12-14H2,1H3. The summed E-state index contributed by atoms with van der Waals surface area (Å²) in [6.07, 6.45) is 10.3. The molecule has 2 heterocycles. The molecule has 6 rings (SSSR count). The molecule has 4 saturated carbocycles. The van der Waals surface area contributed by atoms with Crippen molar-refractivity contribution in [2.75, 3.05) is 33.3 Å². The van der Waals surface area contributed by atoms with E-state index in [-0.39, 0.29) is 5.91 Å². The number of piperazine rings is 1. The summed E-state index contributed by atoms with van der Waals surface area (Å²) in [5.41, 5.74) is 1.14. The zero-order valence-electron chi connectivity index (χ0n) is 15.7. The van der Waals surface area contributed by atoms with Crippen molar-refractivity contribution in [1.29, 1.82) is 0 Å². The van der Waals surface area contributed by atoms with Crippen LogP contribution in [0, 0.1) is 17.8 Å². The predicted octanol–water partition coefficient (Wildman–Crippen LogP) is 2.82. The maximum absolute atomic E-state index is 12.8. The van der Waals surface area contributed by atoms with Gasteiger partial charge in [-0.25, -0.2) is 4.98 Å². The third-order valence-corrected chi connectivity index (χ3v) is 7.43. The zero-order valence-corrected chi connectivity index (χ0v) is 15.7. The number of carbonyl (C=O) groups is 1. The Morgan fingerprint density at radius 3 is 2.27 bits per heavy atom. The first-order valence-corrected chi connectivity index (χ1v) is 10.2. The molecule has 0 aromatic carbocycles. The summed E-state index contributed by atoms with van der Waals surface area (Å²) in [6.45, 7) is 3.73. The molecule has 0 atom stereocenters. The second-order valence-corrected chi connectivity index (χ2v) is 9.01. The molecule has 1 saturated heterocycles. The van der Waals surface area contributed by atoms with Gasteiger partial charge >= 0.3 is 0 Å². The van der Waals surface area contributed by atoms with Gasteiger partial charge in [0, 0.05) is 49.5 Å². The van der Waals surface area contributed by atoms with E-state index in [2.05, 4.69) is 9.88 Å². The van der Waals surface area contributed by atoms with Gasteiger partial charge < -0.3 is 9.64 Å². The number of ether oxygens (including phenoxy) is 1. The molecule has 0 radical (unpaired) electrons. The Morgan fingerprint density at radius 1 is 1.08 bits per heavy atom. The second kappa shape index (κ2) is 6.22. The van der Waals surface area contributed by atoms with Crippen LogP contribution in [-0.4, -0.2) is 59.5 Å². The molecule has 0 unspecified atom stereocenters. The van der Waals surface area contributed by atoms with E-state index in [0.717, 1.165) is 43.9 Å². The molecule has 140 valence electrons. The van der Waals surface area contributed by atoms with Gasteiger partial charge in [0.1, 0.15) is 0 Å². The lowest BCUT2D eigenvalue weighted by molar-refractivity contribution is -0.0987. The third-order valence-electron chi connectivity index (χ3n) is 7.43. The minimum Gasteiger partial charge on any atom is -0.481 e. The van der Waals surface area contributed by atoms with Gasteiger partial charge in [0.15, 0.2) is 0 Å². The molecule has 5 heteroatoms. The molecule has 1 amide bonds. The van der Waals surface area contributed by atoms with Crippen LogP contribution in [0.3, 0.4) is 0 Å². The van der Waals surface area contributed by atoms with Crippen molar-refractivity contribution in [3.05, 3.63) is 23.9 Å². The van der Waals surface area contributed by atoms with Crippen LogP contribution in [0.25, 0.3) is 0 Å². The van der Waals surface area contributed by atoms with Crippen LogP contribution in [-0.2, 0) is 0 Å². The van der Waals surface area contributed by atoms with Gasteiger partial charge in [0.2, 0.25) is 5.88 Å². The highest BCUT2D eigenvalue weighted by atomic mass is 16.5. The molecule has 1 aliphatic heterocycles. The highest BCUT2D eigenvalue weighted by Gasteiger charge is 2.53. The third kappa shape index (κ3) is 2.72. The Balaban J connectivity index is 1.26. The number of rotatable bonds is 3. The number of nitrogens with zero attached hydrogens (tertiary/aromatic N) is 3. The number of carbonyl (C=O) groups excluding carboxylic acids is 1. The normalized spacial score (nSPS) is 36.3. The van der Waals surface area contributed by atoms with Crippen molar-refractivity contribution in [2.45, 2.75) is 44.1 Å². The van der Waals surface area contributed by atoms with Gasteiger partial charge in [-0.1, -0.05) is 0 Å². The Kier molecular flexibility index (Phi) is 3.96. The maximum Gasteiger partial charge on any atom is 0.254 e. The SMILES string of the molecule is COc1cc(C(=O)N2CCN(C34CC5CC(CC(C5)C3)C4)CC2)ccn1. The van der Waals surface area contributed by atoms with E-state index in [1.807, 2.05) is 4.90 Å². The first kappa shape index (κ1) is 16.5. The van der Waals surface area contributed by atoms with E-state index in [4.69, 9.17) is 4.74 Å². The van der Waals surface area contributed by atoms with Gasteiger partial charge in [0.25, 0.3) is 5.91 Å². The van der Waals surface area contributed by atoms with Crippen LogP contribution >= 0.6 is 0 Å². The highest BCUT2D eigenvalue weighted by molar-refractivity contribution is 5.94. The van der Waals surface area contributed by atoms with E-state index in [0.29, 0.717) is 17.0 Å². The summed E-state index contributed by atoms with van der Waals surface area (Å²) >= 11 is 0. The van der Waals surface area contributed by atoms with Gasteiger partial charge in [-0.3, -0.25) is 9.69 Å². The number of hydrogen-bond donors (Lipinski definition) is 0. The summed E-state index contributed by atoms with van der Waals surface area (Å²) in [5.74, 6) is 3.54. The smallest absolute Gasteiger partial charge is 0.254 e. The summed E-state index contributed by atoms with van der Waals surface area (Å²) in [4.78, 5) is 21.7. The largest absolute Gasteiger partial charge is 0.481 e. The zero-order chi connectivity index (χ0) is 17.7. The van der Waals surface area contributed by atoms with E-state index in [1.165, 1.54) is 38.5 Å². The Labute approximate surface area is 155 Å². The number of pyridine rings is 1. The molecule has 5 fully saturated rings. The average Bonchev–Trinajstić information content (AvgIpc) is 2.66. The van der Waals surface area contributed by atoms with Crippen molar-refractivity contribution in [3.63, 3.8) is 0 Å². The Bertz CT molecular complexity index is 661. The van der Waals surface area contributed by atoms with Crippen molar-refractivity contribution in [2.24, 2.45) is 17.8 Å². The molecule has 4 bridgehead atoms. The summed E-state index contributed by atoms with van der Waals surface area (Å²) in [7, 11) is 1.58. The van der Waals surface area contributed by atoms with Gasteiger partial charge in [0.05, 0.1) is 7.11 Å². The fourth-order valence-electron chi connectivity index (χ4n) is 6.67. The van der Waals surface area contributed by atoms with Crippen molar-refractivity contribution in [3.8, 4) is 5.88 Å². The van der Waals surface area contributed by atoms with Gasteiger partial charge in [-0.15, -0.1) is 0 Å². The Morgan fingerprint density at radius 2 is 1.69 bits per heavy atom. The lowest BCUT2D eigenvalue weighted by Crippen LogP contribution is -2.64. The van der Waals surface area contributed by atoms with Crippen molar-refractivity contribution in [1.82, 2.24) is 14.8 Å².